The molecule has 0 saturated carbocycles. The summed E-state index contributed by atoms with van der Waals surface area (Å²) in [5, 5.41) is 15.9. The van der Waals surface area contributed by atoms with E-state index in [-0.39, 0.29) is 11.5 Å². The molecular weight excluding hydrogens is 346 g/mol. The van der Waals surface area contributed by atoms with Crippen LogP contribution in [-0.2, 0) is 6.54 Å². The van der Waals surface area contributed by atoms with Gasteiger partial charge >= 0.3 is 5.97 Å². The predicted molar refractivity (Wildman–Crippen MR) is 97.8 cm³/mol. The average Bonchev–Trinajstić information content (AvgIpc) is 3.33. The molecule has 4 aromatic rings. The summed E-state index contributed by atoms with van der Waals surface area (Å²) < 4.78 is 1.35. The first kappa shape index (κ1) is 16.5. The molecule has 0 aliphatic carbocycles. The fourth-order valence-corrected chi connectivity index (χ4v) is 2.68. The van der Waals surface area contributed by atoms with Gasteiger partial charge in [0, 0.05) is 18.3 Å². The number of carboxylic acid groups (broad SMARTS) is 1. The van der Waals surface area contributed by atoms with Crippen LogP contribution in [0.4, 0.5) is 0 Å². The molecule has 27 heavy (non-hydrogen) atoms. The molecule has 8 nitrogen and oxygen atoms in total. The van der Waals surface area contributed by atoms with E-state index < -0.39 is 5.97 Å². The fraction of sp³-hybridized carbons (Fsp3) is 0.0526. The zero-order chi connectivity index (χ0) is 18.8. The second-order valence-electron chi connectivity index (χ2n) is 5.94. The van der Waals surface area contributed by atoms with Gasteiger partial charge in [0.1, 0.15) is 0 Å². The van der Waals surface area contributed by atoms with Gasteiger partial charge in [0.15, 0.2) is 0 Å². The Labute approximate surface area is 153 Å². The molecule has 0 radical (unpaired) electrons. The molecule has 1 amide bonds. The monoisotopic (exact) mass is 361 g/mol. The third kappa shape index (κ3) is 3.40. The van der Waals surface area contributed by atoms with E-state index in [1.54, 1.807) is 18.2 Å². The molecule has 0 fully saturated rings. The van der Waals surface area contributed by atoms with E-state index in [2.05, 4.69) is 20.4 Å². The molecule has 0 aliphatic heterocycles. The standard InChI is InChI=1S/C19H15N5O3/c25-17(20-9-12-4-2-1-3-5-12)13-6-7-15-16(8-13)23-19(22-15)24-11-14(10-21-24)18(26)27/h1-8,10-11H,9H2,(H,20,25)(H,22,23)(H,26,27). The maximum Gasteiger partial charge on any atom is 0.338 e. The van der Waals surface area contributed by atoms with Crippen LogP contribution in [0.25, 0.3) is 17.0 Å². The number of imidazole rings is 1. The number of nitrogens with one attached hydrogen (secondary N) is 2. The van der Waals surface area contributed by atoms with Crippen LogP contribution in [0.15, 0.2) is 60.9 Å². The molecule has 2 aromatic carbocycles. The third-order valence-electron chi connectivity index (χ3n) is 4.07. The summed E-state index contributed by atoms with van der Waals surface area (Å²) in [7, 11) is 0. The number of aromatic nitrogens is 4. The minimum absolute atomic E-state index is 0.0661. The maximum atomic E-state index is 12.4. The van der Waals surface area contributed by atoms with Gasteiger partial charge < -0.3 is 15.4 Å². The van der Waals surface area contributed by atoms with Crippen molar-refractivity contribution in [2.75, 3.05) is 0 Å². The molecule has 0 bridgehead atoms. The zero-order valence-electron chi connectivity index (χ0n) is 14.1. The molecule has 2 heterocycles. The first-order valence-electron chi connectivity index (χ1n) is 8.20. The highest BCUT2D eigenvalue weighted by Gasteiger charge is 2.12. The number of aromatic carboxylic acids is 1. The summed E-state index contributed by atoms with van der Waals surface area (Å²) >= 11 is 0. The van der Waals surface area contributed by atoms with Crippen LogP contribution < -0.4 is 5.32 Å². The Bertz CT molecular complexity index is 1130. The van der Waals surface area contributed by atoms with Gasteiger partial charge in [0.2, 0.25) is 5.95 Å². The summed E-state index contributed by atoms with van der Waals surface area (Å²) in [5.74, 6) is -0.877. The number of aromatic amines is 1. The number of rotatable bonds is 5. The average molecular weight is 361 g/mol. The van der Waals surface area contributed by atoms with Crippen molar-refractivity contribution >= 4 is 22.9 Å². The van der Waals surface area contributed by atoms with E-state index in [0.29, 0.717) is 29.1 Å². The van der Waals surface area contributed by atoms with Crippen molar-refractivity contribution in [2.24, 2.45) is 0 Å². The van der Waals surface area contributed by atoms with Gasteiger partial charge in [-0.05, 0) is 23.8 Å². The lowest BCUT2D eigenvalue weighted by molar-refractivity contribution is 0.0696. The van der Waals surface area contributed by atoms with Crippen molar-refractivity contribution in [2.45, 2.75) is 6.54 Å². The number of hydrogen-bond donors (Lipinski definition) is 3. The Morgan fingerprint density at radius 2 is 1.93 bits per heavy atom. The highest BCUT2D eigenvalue weighted by molar-refractivity contribution is 5.97. The summed E-state index contributed by atoms with van der Waals surface area (Å²) in [5.41, 5.74) is 2.89. The molecule has 8 heteroatoms. The second kappa shape index (κ2) is 6.75. The van der Waals surface area contributed by atoms with Crippen LogP contribution in [0.3, 0.4) is 0 Å². The molecule has 0 spiro atoms. The Balaban J connectivity index is 1.55. The summed E-state index contributed by atoms with van der Waals surface area (Å²) in [6, 6.07) is 14.8. The normalized spacial score (nSPS) is 10.8. The predicted octanol–water partition coefficient (Wildman–Crippen LogP) is 2.38. The van der Waals surface area contributed by atoms with Crippen LogP contribution in [0.2, 0.25) is 0 Å². The van der Waals surface area contributed by atoms with E-state index in [1.165, 1.54) is 17.1 Å². The first-order chi connectivity index (χ1) is 13.1. The van der Waals surface area contributed by atoms with E-state index in [9.17, 15) is 9.59 Å². The van der Waals surface area contributed by atoms with Crippen molar-refractivity contribution in [3.63, 3.8) is 0 Å². The Morgan fingerprint density at radius 1 is 1.11 bits per heavy atom. The topological polar surface area (TPSA) is 113 Å². The van der Waals surface area contributed by atoms with Gasteiger partial charge in [-0.3, -0.25) is 4.79 Å². The number of fused-ring (bicyclic) bond motifs is 1. The minimum atomic E-state index is -1.06. The molecule has 0 aliphatic rings. The zero-order valence-corrected chi connectivity index (χ0v) is 14.1. The number of benzene rings is 2. The Hall–Kier alpha value is -3.94. The van der Waals surface area contributed by atoms with E-state index in [4.69, 9.17) is 5.11 Å². The minimum Gasteiger partial charge on any atom is -0.478 e. The van der Waals surface area contributed by atoms with Crippen LogP contribution in [0, 0.1) is 0 Å². The molecule has 4 rings (SSSR count). The molecule has 0 saturated heterocycles. The van der Waals surface area contributed by atoms with E-state index >= 15 is 0 Å². The van der Waals surface area contributed by atoms with Gasteiger partial charge in [0.25, 0.3) is 5.91 Å². The summed E-state index contributed by atoms with van der Waals surface area (Å²) in [6.07, 6.45) is 2.62. The quantitative estimate of drug-likeness (QED) is 0.505. The lowest BCUT2D eigenvalue weighted by Gasteiger charge is -2.05. The van der Waals surface area contributed by atoms with Crippen molar-refractivity contribution in [3.05, 3.63) is 77.6 Å². The highest BCUT2D eigenvalue weighted by Crippen LogP contribution is 2.16. The number of H-pyrrole nitrogens is 1. The van der Waals surface area contributed by atoms with Gasteiger partial charge in [-0.1, -0.05) is 30.3 Å². The Morgan fingerprint density at radius 3 is 2.67 bits per heavy atom. The Kier molecular flexibility index (Phi) is 4.13. The van der Waals surface area contributed by atoms with Crippen LogP contribution in [0.5, 0.6) is 0 Å². The maximum absolute atomic E-state index is 12.4. The van der Waals surface area contributed by atoms with Gasteiger partial charge in [-0.2, -0.15) is 5.10 Å². The smallest absolute Gasteiger partial charge is 0.338 e. The van der Waals surface area contributed by atoms with Crippen molar-refractivity contribution < 1.29 is 14.7 Å². The van der Waals surface area contributed by atoms with Crippen molar-refractivity contribution in [1.29, 1.82) is 0 Å². The first-order valence-corrected chi connectivity index (χ1v) is 8.20. The molecule has 3 N–H and O–H groups in total. The van der Waals surface area contributed by atoms with Crippen molar-refractivity contribution in [1.82, 2.24) is 25.1 Å². The molecule has 0 atom stereocenters. The van der Waals surface area contributed by atoms with Gasteiger partial charge in [-0.15, -0.1) is 0 Å². The number of nitrogens with zero attached hydrogens (tertiary/aromatic N) is 3. The SMILES string of the molecule is O=C(O)c1cnn(-c2nc3ccc(C(=O)NCc4ccccc4)cc3[nH]2)c1. The summed E-state index contributed by atoms with van der Waals surface area (Å²) in [6.45, 7) is 0.442. The lowest BCUT2D eigenvalue weighted by atomic mass is 10.1. The van der Waals surface area contributed by atoms with E-state index in [0.717, 1.165) is 5.56 Å². The largest absolute Gasteiger partial charge is 0.478 e. The van der Waals surface area contributed by atoms with Crippen molar-refractivity contribution in [3.8, 4) is 5.95 Å². The van der Waals surface area contributed by atoms with Crippen LogP contribution >= 0.6 is 0 Å². The number of carboxylic acids is 1. The third-order valence-corrected chi connectivity index (χ3v) is 4.07. The molecule has 134 valence electrons. The van der Waals surface area contributed by atoms with Crippen LogP contribution in [-0.4, -0.2) is 36.7 Å². The second-order valence-corrected chi connectivity index (χ2v) is 5.94. The molecular formula is C19H15N5O3. The number of carbonyl (C=O) groups is 2. The number of amides is 1. The molecule has 0 unspecified atom stereocenters. The highest BCUT2D eigenvalue weighted by atomic mass is 16.4. The van der Waals surface area contributed by atoms with E-state index in [1.807, 2.05) is 30.3 Å². The number of carbonyl (C=O) groups excluding carboxylic acids is 1. The number of hydrogen-bond acceptors (Lipinski definition) is 4. The van der Waals surface area contributed by atoms with Crippen LogP contribution in [0.1, 0.15) is 26.3 Å². The van der Waals surface area contributed by atoms with Gasteiger partial charge in [-0.25, -0.2) is 14.5 Å². The fourth-order valence-electron chi connectivity index (χ4n) is 2.68. The summed E-state index contributed by atoms with van der Waals surface area (Å²) in [4.78, 5) is 30.8. The van der Waals surface area contributed by atoms with Gasteiger partial charge in [0.05, 0.1) is 22.8 Å². The lowest BCUT2D eigenvalue weighted by Crippen LogP contribution is -2.22. The molecule has 2 aromatic heterocycles.